The molecule has 2 aromatic carbocycles. The van der Waals surface area contributed by atoms with E-state index in [0.29, 0.717) is 41.9 Å². The highest BCUT2D eigenvalue weighted by atomic mass is 19.4. The number of rotatable bonds is 9. The number of carbonyl (C=O) groups is 2. The lowest BCUT2D eigenvalue weighted by atomic mass is 10.00. The zero-order valence-electron chi connectivity index (χ0n) is 20.7. The third-order valence-electron chi connectivity index (χ3n) is 6.28. The Morgan fingerprint density at radius 3 is 2.33 bits per heavy atom. The fourth-order valence-corrected chi connectivity index (χ4v) is 4.35. The number of aryl methyl sites for hydroxylation is 2. The van der Waals surface area contributed by atoms with Crippen LogP contribution in [0.1, 0.15) is 65.2 Å². The molecule has 2 aromatic rings. The van der Waals surface area contributed by atoms with Gasteiger partial charge in [-0.25, -0.2) is 0 Å². The quantitative estimate of drug-likeness (QED) is 0.361. The van der Waals surface area contributed by atoms with E-state index in [1.807, 2.05) is 32.1 Å². The standard InChI is InChI=1S/C28H30F3NO4/c1-5-7-18(6-2)10-11-36-20-12-16(3)25(17(4)13-20)26(33)32-24-14-19(21-15-22(21)27(34)35)8-9-23(24)28(29,30)31/h5-9,12-14,21-22H,10-11,15H2,1-4H3,(H,32,33)(H,34,35)/b7-5-,18-6+/t21-,22-/m1/s1. The topological polar surface area (TPSA) is 75.6 Å². The highest BCUT2D eigenvalue weighted by Gasteiger charge is 2.45. The summed E-state index contributed by atoms with van der Waals surface area (Å²) in [6.45, 7) is 7.73. The van der Waals surface area contributed by atoms with E-state index >= 15 is 0 Å². The number of halogens is 3. The van der Waals surface area contributed by atoms with Crippen LogP contribution in [0.25, 0.3) is 0 Å². The van der Waals surface area contributed by atoms with E-state index in [1.54, 1.807) is 26.0 Å². The molecule has 0 heterocycles. The van der Waals surface area contributed by atoms with Crippen molar-refractivity contribution in [1.82, 2.24) is 0 Å². The lowest BCUT2D eigenvalue weighted by Crippen LogP contribution is -2.19. The van der Waals surface area contributed by atoms with Gasteiger partial charge in [0.1, 0.15) is 5.75 Å². The molecule has 5 nitrogen and oxygen atoms in total. The summed E-state index contributed by atoms with van der Waals surface area (Å²) in [4.78, 5) is 24.3. The monoisotopic (exact) mass is 501 g/mol. The summed E-state index contributed by atoms with van der Waals surface area (Å²) in [5.41, 5.74) is 1.62. The number of hydrogen-bond acceptors (Lipinski definition) is 3. The first-order valence-corrected chi connectivity index (χ1v) is 11.7. The minimum atomic E-state index is -4.68. The Labute approximate surface area is 208 Å². The molecule has 0 saturated heterocycles. The number of ether oxygens (including phenoxy) is 1. The Morgan fingerprint density at radius 1 is 1.14 bits per heavy atom. The highest BCUT2D eigenvalue weighted by molar-refractivity contribution is 6.07. The van der Waals surface area contributed by atoms with Crippen LogP contribution in [0.2, 0.25) is 0 Å². The number of carbonyl (C=O) groups excluding carboxylic acids is 1. The molecule has 1 aliphatic carbocycles. The number of benzene rings is 2. The SMILES string of the molecule is C/C=C\C(=C/C)CCOc1cc(C)c(C(=O)Nc2cc([C@H]3C[C@H]3C(=O)O)ccc2C(F)(F)F)c(C)c1. The van der Waals surface area contributed by atoms with Gasteiger partial charge in [0.25, 0.3) is 5.91 Å². The van der Waals surface area contributed by atoms with Gasteiger partial charge in [-0.2, -0.15) is 13.2 Å². The van der Waals surface area contributed by atoms with Crippen LogP contribution in [0.5, 0.6) is 5.75 Å². The van der Waals surface area contributed by atoms with Crippen molar-refractivity contribution in [1.29, 1.82) is 0 Å². The van der Waals surface area contributed by atoms with Gasteiger partial charge in [0.05, 0.1) is 23.8 Å². The van der Waals surface area contributed by atoms with Crippen molar-refractivity contribution in [2.45, 2.75) is 52.6 Å². The summed E-state index contributed by atoms with van der Waals surface area (Å²) in [5, 5.41) is 11.6. The summed E-state index contributed by atoms with van der Waals surface area (Å²) in [7, 11) is 0. The van der Waals surface area contributed by atoms with Gasteiger partial charge in [0.2, 0.25) is 0 Å². The predicted octanol–water partition coefficient (Wildman–Crippen LogP) is 7.05. The Kier molecular flexibility index (Phi) is 8.28. The molecule has 1 aliphatic rings. The first-order valence-electron chi connectivity index (χ1n) is 11.7. The Hall–Kier alpha value is -3.55. The van der Waals surface area contributed by atoms with Crippen molar-refractivity contribution in [2.24, 2.45) is 5.92 Å². The average Bonchev–Trinajstić information content (AvgIpc) is 3.58. The normalized spacial score (nSPS) is 17.8. The number of alkyl halides is 3. The van der Waals surface area contributed by atoms with Gasteiger partial charge < -0.3 is 15.2 Å². The molecule has 8 heteroatoms. The van der Waals surface area contributed by atoms with Crippen LogP contribution in [0.4, 0.5) is 18.9 Å². The molecule has 0 radical (unpaired) electrons. The van der Waals surface area contributed by atoms with Crippen molar-refractivity contribution in [3.05, 3.63) is 82.0 Å². The van der Waals surface area contributed by atoms with Gasteiger partial charge in [-0.05, 0) is 86.6 Å². The van der Waals surface area contributed by atoms with Crippen LogP contribution in [0.15, 0.2) is 54.1 Å². The number of aliphatic carboxylic acids is 1. The maximum atomic E-state index is 13.6. The number of nitrogens with one attached hydrogen (secondary N) is 1. The lowest BCUT2D eigenvalue weighted by molar-refractivity contribution is -0.139. The van der Waals surface area contributed by atoms with Crippen LogP contribution < -0.4 is 10.1 Å². The van der Waals surface area contributed by atoms with Crippen molar-refractivity contribution in [3.8, 4) is 5.75 Å². The van der Waals surface area contributed by atoms with E-state index in [-0.39, 0.29) is 17.2 Å². The first-order chi connectivity index (χ1) is 17.0. The molecule has 1 amide bonds. The van der Waals surface area contributed by atoms with Crippen molar-refractivity contribution in [2.75, 3.05) is 11.9 Å². The molecule has 0 aliphatic heterocycles. The minimum absolute atomic E-state index is 0.263. The molecule has 3 rings (SSSR count). The maximum absolute atomic E-state index is 13.6. The molecule has 1 saturated carbocycles. The van der Waals surface area contributed by atoms with Gasteiger partial charge in [-0.1, -0.05) is 24.3 Å². The van der Waals surface area contributed by atoms with Crippen LogP contribution in [-0.4, -0.2) is 23.6 Å². The van der Waals surface area contributed by atoms with Gasteiger partial charge >= 0.3 is 12.1 Å². The van der Waals surface area contributed by atoms with E-state index in [2.05, 4.69) is 5.32 Å². The molecule has 0 bridgehead atoms. The summed E-state index contributed by atoms with van der Waals surface area (Å²) >= 11 is 0. The number of allylic oxidation sites excluding steroid dienone is 3. The molecule has 36 heavy (non-hydrogen) atoms. The second-order valence-electron chi connectivity index (χ2n) is 8.94. The van der Waals surface area contributed by atoms with Gasteiger partial charge in [-0.3, -0.25) is 9.59 Å². The lowest BCUT2D eigenvalue weighted by Gasteiger charge is -2.17. The predicted molar refractivity (Wildman–Crippen MR) is 132 cm³/mol. The molecular weight excluding hydrogens is 471 g/mol. The molecule has 0 unspecified atom stereocenters. The molecule has 1 fully saturated rings. The fraction of sp³-hybridized carbons (Fsp3) is 0.357. The Balaban J connectivity index is 1.81. The van der Waals surface area contributed by atoms with E-state index in [9.17, 15) is 22.8 Å². The van der Waals surface area contributed by atoms with Crippen LogP contribution in [-0.2, 0) is 11.0 Å². The smallest absolute Gasteiger partial charge is 0.418 e. The van der Waals surface area contributed by atoms with Crippen molar-refractivity contribution in [3.63, 3.8) is 0 Å². The van der Waals surface area contributed by atoms with Gasteiger partial charge in [-0.15, -0.1) is 0 Å². The molecular formula is C28H30F3NO4. The Bertz CT molecular complexity index is 1190. The summed E-state index contributed by atoms with van der Waals surface area (Å²) < 4.78 is 46.8. The van der Waals surface area contributed by atoms with E-state index in [0.717, 1.165) is 11.6 Å². The maximum Gasteiger partial charge on any atom is 0.418 e. The second-order valence-corrected chi connectivity index (χ2v) is 8.94. The van der Waals surface area contributed by atoms with Crippen molar-refractivity contribution < 1.29 is 32.6 Å². The second kappa shape index (κ2) is 11.0. The third-order valence-corrected chi connectivity index (χ3v) is 6.28. The van der Waals surface area contributed by atoms with E-state index < -0.39 is 29.5 Å². The summed E-state index contributed by atoms with van der Waals surface area (Å²) in [6, 6.07) is 6.79. The number of carboxylic acids is 1. The molecule has 192 valence electrons. The van der Waals surface area contributed by atoms with E-state index in [4.69, 9.17) is 9.84 Å². The zero-order chi connectivity index (χ0) is 26.6. The minimum Gasteiger partial charge on any atom is -0.493 e. The van der Waals surface area contributed by atoms with Crippen LogP contribution in [0, 0.1) is 19.8 Å². The third kappa shape index (κ3) is 6.36. The number of amides is 1. The zero-order valence-corrected chi connectivity index (χ0v) is 20.7. The first kappa shape index (κ1) is 27.0. The molecule has 2 N–H and O–H groups in total. The molecule has 0 aromatic heterocycles. The van der Waals surface area contributed by atoms with Crippen LogP contribution in [0.3, 0.4) is 0 Å². The van der Waals surface area contributed by atoms with Crippen LogP contribution >= 0.6 is 0 Å². The molecule has 2 atom stereocenters. The molecule has 0 spiro atoms. The number of hydrogen-bond donors (Lipinski definition) is 2. The summed E-state index contributed by atoms with van der Waals surface area (Å²) in [6.07, 6.45) is 2.34. The largest absolute Gasteiger partial charge is 0.493 e. The van der Waals surface area contributed by atoms with Gasteiger partial charge in [0, 0.05) is 12.0 Å². The highest BCUT2D eigenvalue weighted by Crippen LogP contribution is 2.49. The average molecular weight is 502 g/mol. The number of anilines is 1. The van der Waals surface area contributed by atoms with Gasteiger partial charge in [0.15, 0.2) is 0 Å². The number of carboxylic acid groups (broad SMARTS) is 1. The summed E-state index contributed by atoms with van der Waals surface area (Å²) in [5.74, 6) is -2.07. The van der Waals surface area contributed by atoms with Crippen molar-refractivity contribution >= 4 is 17.6 Å². The van der Waals surface area contributed by atoms with E-state index in [1.165, 1.54) is 12.1 Å². The fourth-order valence-electron chi connectivity index (χ4n) is 4.35. The Morgan fingerprint density at radius 2 is 1.81 bits per heavy atom.